The van der Waals surface area contributed by atoms with E-state index in [0.717, 1.165) is 18.2 Å². The Labute approximate surface area is 88.1 Å². The van der Waals surface area contributed by atoms with Gasteiger partial charge in [-0.1, -0.05) is 0 Å². The quantitative estimate of drug-likeness (QED) is 0.687. The van der Waals surface area contributed by atoms with Crippen LogP contribution in [0.1, 0.15) is 5.69 Å². The van der Waals surface area contributed by atoms with Crippen molar-refractivity contribution in [1.82, 2.24) is 9.78 Å². The number of hydrogen-bond acceptors (Lipinski definition) is 1. The number of aromatic nitrogens is 2. The normalized spacial score (nSPS) is 11.8. The Morgan fingerprint density at radius 2 is 1.75 bits per heavy atom. The first kappa shape index (κ1) is 10.7. The summed E-state index contributed by atoms with van der Waals surface area (Å²) < 4.78 is 50.7. The van der Waals surface area contributed by atoms with Crippen LogP contribution in [0.5, 0.6) is 0 Å². The van der Waals surface area contributed by atoms with Crippen molar-refractivity contribution in [3.63, 3.8) is 0 Å². The highest BCUT2D eigenvalue weighted by atomic mass is 19.4. The molecular weight excluding hydrogens is 224 g/mol. The van der Waals surface area contributed by atoms with Crippen molar-refractivity contribution in [3.05, 3.63) is 48.0 Å². The van der Waals surface area contributed by atoms with Crippen LogP contribution < -0.4 is 0 Å². The first-order chi connectivity index (χ1) is 7.48. The third kappa shape index (κ3) is 1.91. The molecule has 0 fully saturated rings. The summed E-state index contributed by atoms with van der Waals surface area (Å²) in [5.74, 6) is -0.520. The van der Waals surface area contributed by atoms with Crippen molar-refractivity contribution >= 4 is 0 Å². The van der Waals surface area contributed by atoms with Crippen LogP contribution in [0.2, 0.25) is 0 Å². The van der Waals surface area contributed by atoms with Gasteiger partial charge in [-0.2, -0.15) is 18.3 Å². The Bertz CT molecular complexity index is 484. The molecule has 1 radical (unpaired) electrons. The van der Waals surface area contributed by atoms with Gasteiger partial charge in [-0.05, 0) is 30.3 Å². The summed E-state index contributed by atoms with van der Waals surface area (Å²) in [6.45, 7) is 0. The minimum atomic E-state index is -4.51. The molecule has 16 heavy (non-hydrogen) atoms. The third-order valence-electron chi connectivity index (χ3n) is 1.95. The third-order valence-corrected chi connectivity index (χ3v) is 1.95. The van der Waals surface area contributed by atoms with Crippen LogP contribution in [0.3, 0.4) is 0 Å². The number of rotatable bonds is 1. The summed E-state index contributed by atoms with van der Waals surface area (Å²) >= 11 is 0. The van der Waals surface area contributed by atoms with Gasteiger partial charge in [0.25, 0.3) is 0 Å². The van der Waals surface area contributed by atoms with E-state index in [1.807, 2.05) is 0 Å². The Morgan fingerprint density at radius 3 is 2.31 bits per heavy atom. The molecule has 0 aliphatic heterocycles. The molecule has 83 valence electrons. The van der Waals surface area contributed by atoms with E-state index in [1.54, 1.807) is 0 Å². The standard InChI is InChI=1S/C10H5F4N2/c11-7-1-3-8(4-2-7)16-9(5-6-15-16)10(12,13)14/h1-5H. The van der Waals surface area contributed by atoms with Crippen molar-refractivity contribution in [2.45, 2.75) is 6.18 Å². The summed E-state index contributed by atoms with van der Waals surface area (Å²) in [5, 5.41) is 3.43. The molecular formula is C10H5F4N2. The van der Waals surface area contributed by atoms with E-state index in [-0.39, 0.29) is 5.69 Å². The summed E-state index contributed by atoms with van der Waals surface area (Å²) in [5.41, 5.74) is -0.811. The fourth-order valence-corrected chi connectivity index (χ4v) is 1.24. The van der Waals surface area contributed by atoms with Gasteiger partial charge in [0, 0.05) is 0 Å². The molecule has 0 aliphatic rings. The fraction of sp³-hybridized carbons (Fsp3) is 0.100. The Kier molecular flexibility index (Phi) is 2.41. The van der Waals surface area contributed by atoms with E-state index < -0.39 is 17.7 Å². The molecule has 2 rings (SSSR count). The maximum absolute atomic E-state index is 12.6. The summed E-state index contributed by atoms with van der Waals surface area (Å²) in [6.07, 6.45) is -2.40. The second-order valence-corrected chi connectivity index (χ2v) is 3.04. The van der Waals surface area contributed by atoms with Gasteiger partial charge in [0.2, 0.25) is 0 Å². The van der Waals surface area contributed by atoms with Crippen LogP contribution in [0.15, 0.2) is 30.3 Å². The first-order valence-corrected chi connectivity index (χ1v) is 4.28. The lowest BCUT2D eigenvalue weighted by molar-refractivity contribution is -0.142. The first-order valence-electron chi connectivity index (χ1n) is 4.28. The molecule has 0 aliphatic carbocycles. The minimum absolute atomic E-state index is 0.134. The van der Waals surface area contributed by atoms with E-state index in [4.69, 9.17) is 0 Å². The highest BCUT2D eigenvalue weighted by Gasteiger charge is 2.35. The van der Waals surface area contributed by atoms with Gasteiger partial charge in [0.05, 0.1) is 5.69 Å². The largest absolute Gasteiger partial charge is 0.433 e. The van der Waals surface area contributed by atoms with Crippen molar-refractivity contribution in [3.8, 4) is 5.69 Å². The summed E-state index contributed by atoms with van der Waals surface area (Å²) in [6, 6.07) is 5.30. The van der Waals surface area contributed by atoms with Gasteiger partial charge in [-0.25, -0.2) is 9.07 Å². The molecule has 1 aromatic carbocycles. The van der Waals surface area contributed by atoms with Crippen LogP contribution in [0.4, 0.5) is 17.6 Å². The maximum atomic E-state index is 12.6. The van der Waals surface area contributed by atoms with E-state index in [0.29, 0.717) is 4.68 Å². The van der Waals surface area contributed by atoms with Crippen molar-refractivity contribution in [1.29, 1.82) is 0 Å². The molecule has 2 nitrogen and oxygen atoms in total. The van der Waals surface area contributed by atoms with E-state index in [2.05, 4.69) is 11.3 Å². The SMILES string of the molecule is Fc1ccc(-n2n[c]cc2C(F)(F)F)cc1. The monoisotopic (exact) mass is 229 g/mol. The second-order valence-electron chi connectivity index (χ2n) is 3.04. The van der Waals surface area contributed by atoms with Gasteiger partial charge in [0.15, 0.2) is 0 Å². The predicted molar refractivity (Wildman–Crippen MR) is 47.4 cm³/mol. The molecule has 0 N–H and O–H groups in total. The van der Waals surface area contributed by atoms with Gasteiger partial charge in [-0.15, -0.1) is 0 Å². The highest BCUT2D eigenvalue weighted by Crippen LogP contribution is 2.30. The van der Waals surface area contributed by atoms with E-state index in [1.165, 1.54) is 12.1 Å². The van der Waals surface area contributed by atoms with Gasteiger partial charge in [0.1, 0.15) is 17.7 Å². The Hall–Kier alpha value is -1.85. The molecule has 0 spiro atoms. The molecule has 1 heterocycles. The van der Waals surface area contributed by atoms with Gasteiger partial charge in [-0.3, -0.25) is 0 Å². The van der Waals surface area contributed by atoms with Crippen LogP contribution in [0, 0.1) is 12.0 Å². The molecule has 6 heteroatoms. The van der Waals surface area contributed by atoms with E-state index in [9.17, 15) is 17.6 Å². The van der Waals surface area contributed by atoms with Gasteiger partial charge >= 0.3 is 6.18 Å². The highest BCUT2D eigenvalue weighted by molar-refractivity contribution is 5.33. The van der Waals surface area contributed by atoms with Crippen molar-refractivity contribution in [2.24, 2.45) is 0 Å². The van der Waals surface area contributed by atoms with Crippen LogP contribution in [0.25, 0.3) is 5.69 Å². The Morgan fingerprint density at radius 1 is 1.12 bits per heavy atom. The average Bonchev–Trinajstić information content (AvgIpc) is 2.66. The molecule has 0 saturated heterocycles. The van der Waals surface area contributed by atoms with Crippen molar-refractivity contribution in [2.75, 3.05) is 0 Å². The second kappa shape index (κ2) is 3.62. The molecule has 0 atom stereocenters. The lowest BCUT2D eigenvalue weighted by atomic mass is 10.3. The zero-order valence-electron chi connectivity index (χ0n) is 7.79. The number of benzene rings is 1. The number of nitrogens with zero attached hydrogens (tertiary/aromatic N) is 2. The molecule has 0 bridgehead atoms. The zero-order chi connectivity index (χ0) is 11.8. The van der Waals surface area contributed by atoms with Crippen LogP contribution in [-0.4, -0.2) is 9.78 Å². The molecule has 0 saturated carbocycles. The number of alkyl halides is 3. The molecule has 2 aromatic rings. The zero-order valence-corrected chi connectivity index (χ0v) is 7.79. The molecule has 0 unspecified atom stereocenters. The van der Waals surface area contributed by atoms with Crippen molar-refractivity contribution < 1.29 is 17.6 Å². The fourth-order valence-electron chi connectivity index (χ4n) is 1.24. The summed E-state index contributed by atoms with van der Waals surface area (Å²) in [7, 11) is 0. The Balaban J connectivity index is 2.49. The lowest BCUT2D eigenvalue weighted by Crippen LogP contribution is -2.13. The maximum Gasteiger partial charge on any atom is 0.433 e. The average molecular weight is 229 g/mol. The topological polar surface area (TPSA) is 17.8 Å². The number of hydrogen-bond donors (Lipinski definition) is 0. The lowest BCUT2D eigenvalue weighted by Gasteiger charge is -2.09. The van der Waals surface area contributed by atoms with Crippen LogP contribution in [-0.2, 0) is 6.18 Å². The number of halogens is 4. The summed E-state index contributed by atoms with van der Waals surface area (Å²) in [4.78, 5) is 0. The van der Waals surface area contributed by atoms with Gasteiger partial charge < -0.3 is 0 Å². The minimum Gasteiger partial charge on any atom is -0.228 e. The molecule has 1 aromatic heterocycles. The smallest absolute Gasteiger partial charge is 0.228 e. The predicted octanol–water partition coefficient (Wildman–Crippen LogP) is 2.83. The molecule has 0 amide bonds. The van der Waals surface area contributed by atoms with Crippen LogP contribution >= 0.6 is 0 Å². The van der Waals surface area contributed by atoms with E-state index >= 15 is 0 Å².